The van der Waals surface area contributed by atoms with Gasteiger partial charge in [-0.05, 0) is 12.1 Å². The van der Waals surface area contributed by atoms with Crippen molar-refractivity contribution in [2.75, 3.05) is 5.73 Å². The van der Waals surface area contributed by atoms with Gasteiger partial charge < -0.3 is 10.3 Å². The van der Waals surface area contributed by atoms with E-state index < -0.39 is 0 Å². The van der Waals surface area contributed by atoms with Crippen molar-refractivity contribution in [3.8, 4) is 11.3 Å². The van der Waals surface area contributed by atoms with Crippen LogP contribution in [0.4, 0.5) is 5.82 Å². The van der Waals surface area contributed by atoms with Crippen molar-refractivity contribution in [1.29, 1.82) is 0 Å². The van der Waals surface area contributed by atoms with Gasteiger partial charge in [0.05, 0.1) is 5.52 Å². The summed E-state index contributed by atoms with van der Waals surface area (Å²) in [5.74, 6) is 0.672. The summed E-state index contributed by atoms with van der Waals surface area (Å²) in [6.45, 7) is 0. The van der Waals surface area contributed by atoms with Crippen LogP contribution in [0.5, 0.6) is 0 Å². The minimum Gasteiger partial charge on any atom is -0.380 e. The van der Waals surface area contributed by atoms with E-state index in [-0.39, 0.29) is 5.82 Å². The van der Waals surface area contributed by atoms with Crippen LogP contribution in [-0.2, 0) is 0 Å². The zero-order valence-corrected chi connectivity index (χ0v) is 9.48. The molecule has 2 heterocycles. The Labute approximate surface area is 102 Å². The number of hydrogen-bond donors (Lipinski definition) is 1. The van der Waals surface area contributed by atoms with E-state index >= 15 is 0 Å². The topological polar surface area (TPSA) is 64.9 Å². The Hall–Kier alpha value is -2.07. The van der Waals surface area contributed by atoms with E-state index in [1.807, 2.05) is 30.3 Å². The van der Waals surface area contributed by atoms with E-state index in [4.69, 9.17) is 21.9 Å². The predicted octanol–water partition coefficient (Wildman–Crippen LogP) is 3.13. The predicted molar refractivity (Wildman–Crippen MR) is 66.7 cm³/mol. The summed E-state index contributed by atoms with van der Waals surface area (Å²) in [5.41, 5.74) is 7.28. The van der Waals surface area contributed by atoms with Crippen LogP contribution < -0.4 is 5.73 Å². The van der Waals surface area contributed by atoms with Crippen molar-refractivity contribution in [3.63, 3.8) is 0 Å². The fourth-order valence-electron chi connectivity index (χ4n) is 1.76. The van der Waals surface area contributed by atoms with Gasteiger partial charge in [-0.15, -0.1) is 0 Å². The molecule has 5 heteroatoms. The molecule has 2 N–H and O–H groups in total. The number of rotatable bonds is 1. The Morgan fingerprint density at radius 3 is 2.82 bits per heavy atom. The fraction of sp³-hybridized carbons (Fsp3) is 0. The molecular formula is C12H8ClN3O. The van der Waals surface area contributed by atoms with Gasteiger partial charge in [-0.25, -0.2) is 0 Å². The standard InChI is InChI=1S/C12H8ClN3O/c13-10-11(17-16-12(10)14)8-3-1-5-9-7(8)4-2-6-15-9/h1-6H,(H2,14,16). The number of aromatic nitrogens is 2. The van der Waals surface area contributed by atoms with Gasteiger partial charge in [0.15, 0.2) is 11.6 Å². The molecule has 84 valence electrons. The highest BCUT2D eigenvalue weighted by Crippen LogP contribution is 2.35. The maximum atomic E-state index is 6.04. The second kappa shape index (κ2) is 3.75. The van der Waals surface area contributed by atoms with E-state index in [0.717, 1.165) is 16.5 Å². The zero-order chi connectivity index (χ0) is 11.8. The fourth-order valence-corrected chi connectivity index (χ4v) is 1.93. The Bertz CT molecular complexity index is 688. The molecular weight excluding hydrogens is 238 g/mol. The molecule has 0 aliphatic heterocycles. The lowest BCUT2D eigenvalue weighted by Crippen LogP contribution is -1.84. The minimum atomic E-state index is 0.197. The molecule has 0 unspecified atom stereocenters. The van der Waals surface area contributed by atoms with Crippen LogP contribution in [-0.4, -0.2) is 10.1 Å². The lowest BCUT2D eigenvalue weighted by atomic mass is 10.1. The highest BCUT2D eigenvalue weighted by atomic mass is 35.5. The molecule has 2 aromatic heterocycles. The summed E-state index contributed by atoms with van der Waals surface area (Å²) in [6.07, 6.45) is 1.74. The van der Waals surface area contributed by atoms with Crippen LogP contribution in [0.1, 0.15) is 0 Å². The van der Waals surface area contributed by atoms with Gasteiger partial charge in [-0.3, -0.25) is 4.98 Å². The van der Waals surface area contributed by atoms with Gasteiger partial charge in [-0.1, -0.05) is 35.0 Å². The third-order valence-electron chi connectivity index (χ3n) is 2.55. The monoisotopic (exact) mass is 245 g/mol. The van der Waals surface area contributed by atoms with Gasteiger partial charge in [-0.2, -0.15) is 0 Å². The summed E-state index contributed by atoms with van der Waals surface area (Å²) < 4.78 is 5.15. The van der Waals surface area contributed by atoms with Crippen molar-refractivity contribution >= 4 is 28.3 Å². The Morgan fingerprint density at radius 1 is 1.18 bits per heavy atom. The quantitative estimate of drug-likeness (QED) is 0.715. The number of nitrogens with two attached hydrogens (primary N) is 1. The van der Waals surface area contributed by atoms with Crippen molar-refractivity contribution < 1.29 is 4.52 Å². The third-order valence-corrected chi connectivity index (χ3v) is 2.92. The molecule has 0 aliphatic rings. The van der Waals surface area contributed by atoms with Crippen LogP contribution in [0.15, 0.2) is 41.1 Å². The molecule has 0 radical (unpaired) electrons. The molecule has 1 aromatic carbocycles. The number of fused-ring (bicyclic) bond motifs is 1. The summed E-state index contributed by atoms with van der Waals surface area (Å²) in [4.78, 5) is 4.27. The van der Waals surface area contributed by atoms with E-state index in [1.54, 1.807) is 6.20 Å². The molecule has 0 fully saturated rings. The summed E-state index contributed by atoms with van der Waals surface area (Å²) in [5, 5.41) is 4.94. The second-order valence-electron chi connectivity index (χ2n) is 3.59. The van der Waals surface area contributed by atoms with Crippen LogP contribution in [0.3, 0.4) is 0 Å². The SMILES string of the molecule is Nc1noc(-c2cccc3ncccc23)c1Cl. The van der Waals surface area contributed by atoms with E-state index in [2.05, 4.69) is 10.1 Å². The first-order chi connectivity index (χ1) is 8.27. The number of halogens is 1. The number of benzene rings is 1. The maximum absolute atomic E-state index is 6.04. The number of hydrogen-bond acceptors (Lipinski definition) is 4. The Morgan fingerprint density at radius 2 is 2.06 bits per heavy atom. The summed E-state index contributed by atoms with van der Waals surface area (Å²) in [7, 11) is 0. The van der Waals surface area contributed by atoms with E-state index in [1.165, 1.54) is 0 Å². The number of nitrogen functional groups attached to an aromatic ring is 1. The zero-order valence-electron chi connectivity index (χ0n) is 8.72. The lowest BCUT2D eigenvalue weighted by Gasteiger charge is -2.02. The molecule has 3 rings (SSSR count). The van der Waals surface area contributed by atoms with E-state index in [9.17, 15) is 0 Å². The Balaban J connectivity index is 2.34. The van der Waals surface area contributed by atoms with Gasteiger partial charge in [0, 0.05) is 17.1 Å². The second-order valence-corrected chi connectivity index (χ2v) is 3.96. The molecule has 17 heavy (non-hydrogen) atoms. The van der Waals surface area contributed by atoms with Crippen molar-refractivity contribution in [3.05, 3.63) is 41.6 Å². The van der Waals surface area contributed by atoms with Crippen LogP contribution >= 0.6 is 11.6 Å². The average molecular weight is 246 g/mol. The molecule has 0 saturated heterocycles. The van der Waals surface area contributed by atoms with Gasteiger partial charge >= 0.3 is 0 Å². The molecule has 0 amide bonds. The maximum Gasteiger partial charge on any atom is 0.188 e. The summed E-state index contributed by atoms with van der Waals surface area (Å²) in [6, 6.07) is 9.52. The molecule has 4 nitrogen and oxygen atoms in total. The van der Waals surface area contributed by atoms with Crippen molar-refractivity contribution in [1.82, 2.24) is 10.1 Å². The number of anilines is 1. The highest BCUT2D eigenvalue weighted by molar-refractivity contribution is 6.35. The van der Waals surface area contributed by atoms with Gasteiger partial charge in [0.1, 0.15) is 5.02 Å². The van der Waals surface area contributed by atoms with Gasteiger partial charge in [0.25, 0.3) is 0 Å². The number of nitrogens with zero attached hydrogens (tertiary/aromatic N) is 2. The first-order valence-corrected chi connectivity index (χ1v) is 5.40. The third kappa shape index (κ3) is 1.54. The molecule has 0 saturated carbocycles. The van der Waals surface area contributed by atoms with Crippen molar-refractivity contribution in [2.45, 2.75) is 0 Å². The van der Waals surface area contributed by atoms with Gasteiger partial charge in [0.2, 0.25) is 0 Å². The lowest BCUT2D eigenvalue weighted by molar-refractivity contribution is 0.436. The molecule has 0 spiro atoms. The number of pyridine rings is 1. The van der Waals surface area contributed by atoms with Crippen LogP contribution in [0.25, 0.3) is 22.2 Å². The van der Waals surface area contributed by atoms with Crippen LogP contribution in [0.2, 0.25) is 5.02 Å². The average Bonchev–Trinajstić information content (AvgIpc) is 2.69. The van der Waals surface area contributed by atoms with Crippen LogP contribution in [0, 0.1) is 0 Å². The smallest absolute Gasteiger partial charge is 0.188 e. The first kappa shape index (κ1) is 10.1. The van der Waals surface area contributed by atoms with Crippen molar-refractivity contribution in [2.24, 2.45) is 0 Å². The molecule has 0 aliphatic carbocycles. The molecule has 0 atom stereocenters. The highest BCUT2D eigenvalue weighted by Gasteiger charge is 2.15. The largest absolute Gasteiger partial charge is 0.380 e. The van der Waals surface area contributed by atoms with E-state index in [0.29, 0.717) is 10.8 Å². The Kier molecular flexibility index (Phi) is 2.23. The summed E-state index contributed by atoms with van der Waals surface area (Å²) >= 11 is 6.04. The normalized spacial score (nSPS) is 10.9. The molecule has 3 aromatic rings. The molecule has 0 bridgehead atoms. The minimum absolute atomic E-state index is 0.197. The first-order valence-electron chi connectivity index (χ1n) is 5.02.